The molecule has 1 aliphatic carbocycles. The Morgan fingerprint density at radius 2 is 2.20 bits per heavy atom. The number of aryl methyl sites for hydroxylation is 1. The van der Waals surface area contributed by atoms with Crippen molar-refractivity contribution in [1.29, 1.82) is 0 Å². The lowest BCUT2D eigenvalue weighted by Gasteiger charge is -2.25. The van der Waals surface area contributed by atoms with E-state index in [1.54, 1.807) is 11.3 Å². The van der Waals surface area contributed by atoms with Crippen LogP contribution in [0.3, 0.4) is 0 Å². The molecule has 2 N–H and O–H groups in total. The first-order chi connectivity index (χ1) is 7.24. The fourth-order valence-corrected chi connectivity index (χ4v) is 2.64. The van der Waals surface area contributed by atoms with Crippen LogP contribution in [0.15, 0.2) is 6.20 Å². The van der Waals surface area contributed by atoms with Crippen LogP contribution in [0.2, 0.25) is 0 Å². The summed E-state index contributed by atoms with van der Waals surface area (Å²) in [4.78, 5) is 5.44. The average molecular weight is 226 g/mol. The first kappa shape index (κ1) is 11.0. The van der Waals surface area contributed by atoms with Gasteiger partial charge >= 0.3 is 0 Å². The van der Waals surface area contributed by atoms with Crippen molar-refractivity contribution in [2.75, 3.05) is 0 Å². The van der Waals surface area contributed by atoms with Crippen LogP contribution in [0.5, 0.6) is 0 Å². The molecule has 0 saturated heterocycles. The van der Waals surface area contributed by atoms with Crippen LogP contribution < -0.4 is 5.73 Å². The summed E-state index contributed by atoms with van der Waals surface area (Å²) in [5.74, 6) is 0. The highest BCUT2D eigenvalue weighted by molar-refractivity contribution is 7.11. The Balaban J connectivity index is 1.74. The summed E-state index contributed by atoms with van der Waals surface area (Å²) in [5.41, 5.74) is 5.84. The molecule has 84 valence electrons. The van der Waals surface area contributed by atoms with Crippen molar-refractivity contribution in [2.24, 2.45) is 5.73 Å². The van der Waals surface area contributed by atoms with Crippen LogP contribution in [0.4, 0.5) is 0 Å². The number of nitrogens with two attached hydrogens (primary N) is 1. The molecular weight excluding hydrogens is 208 g/mol. The quantitative estimate of drug-likeness (QED) is 0.860. The lowest BCUT2D eigenvalue weighted by atomic mass is 9.94. The summed E-state index contributed by atoms with van der Waals surface area (Å²) >= 11 is 1.72. The fraction of sp³-hybridized carbons (Fsp3) is 0.727. The van der Waals surface area contributed by atoms with Gasteiger partial charge < -0.3 is 10.5 Å². The molecule has 1 heterocycles. The zero-order valence-corrected chi connectivity index (χ0v) is 9.93. The Morgan fingerprint density at radius 1 is 1.47 bits per heavy atom. The van der Waals surface area contributed by atoms with Crippen molar-refractivity contribution in [1.82, 2.24) is 4.98 Å². The van der Waals surface area contributed by atoms with Crippen molar-refractivity contribution < 1.29 is 4.74 Å². The van der Waals surface area contributed by atoms with Gasteiger partial charge in [0.05, 0.1) is 22.6 Å². The molecule has 0 spiro atoms. The summed E-state index contributed by atoms with van der Waals surface area (Å²) in [6.45, 7) is 2.74. The number of ether oxygens (including phenoxy) is 1. The molecule has 1 fully saturated rings. The number of hydrogen-bond acceptors (Lipinski definition) is 4. The molecule has 3 nitrogen and oxygen atoms in total. The fourth-order valence-electron chi connectivity index (χ4n) is 1.93. The first-order valence-corrected chi connectivity index (χ1v) is 6.34. The van der Waals surface area contributed by atoms with E-state index < -0.39 is 0 Å². The van der Waals surface area contributed by atoms with Gasteiger partial charge in [0.25, 0.3) is 0 Å². The molecule has 1 aliphatic rings. The predicted octanol–water partition coefficient (Wildman–Crippen LogP) is 2.24. The van der Waals surface area contributed by atoms with Gasteiger partial charge in [-0.1, -0.05) is 0 Å². The van der Waals surface area contributed by atoms with Crippen LogP contribution >= 0.6 is 11.3 Å². The zero-order chi connectivity index (χ0) is 10.7. The van der Waals surface area contributed by atoms with Gasteiger partial charge in [-0.3, -0.25) is 0 Å². The molecule has 0 radical (unpaired) electrons. The van der Waals surface area contributed by atoms with Crippen molar-refractivity contribution in [2.45, 2.75) is 51.4 Å². The van der Waals surface area contributed by atoms with Crippen molar-refractivity contribution in [3.05, 3.63) is 16.1 Å². The number of nitrogens with zero attached hydrogens (tertiary/aromatic N) is 1. The van der Waals surface area contributed by atoms with E-state index in [1.165, 1.54) is 4.88 Å². The Hall–Kier alpha value is -0.450. The maximum absolute atomic E-state index is 5.85. The van der Waals surface area contributed by atoms with Gasteiger partial charge in [0.2, 0.25) is 0 Å². The minimum absolute atomic E-state index is 0.399. The second kappa shape index (κ2) is 5.05. The number of aromatic nitrogens is 1. The Kier molecular flexibility index (Phi) is 3.72. The van der Waals surface area contributed by atoms with Crippen molar-refractivity contribution in [3.63, 3.8) is 0 Å². The molecule has 0 amide bonds. The maximum atomic E-state index is 5.85. The van der Waals surface area contributed by atoms with E-state index in [0.29, 0.717) is 18.8 Å². The largest absolute Gasteiger partial charge is 0.373 e. The van der Waals surface area contributed by atoms with E-state index in [-0.39, 0.29) is 0 Å². The lowest BCUT2D eigenvalue weighted by Crippen LogP contribution is -2.30. The van der Waals surface area contributed by atoms with Gasteiger partial charge in [0, 0.05) is 12.2 Å². The van der Waals surface area contributed by atoms with Crippen LogP contribution in [0.25, 0.3) is 0 Å². The molecule has 2 rings (SSSR count). The Bertz CT molecular complexity index is 305. The molecule has 1 aromatic heterocycles. The average Bonchev–Trinajstić information content (AvgIpc) is 2.64. The van der Waals surface area contributed by atoms with Gasteiger partial charge in [-0.25, -0.2) is 4.98 Å². The molecule has 0 aliphatic heterocycles. The third-order valence-corrected chi connectivity index (χ3v) is 3.74. The summed E-state index contributed by atoms with van der Waals surface area (Å²) in [6, 6.07) is 0.399. The minimum Gasteiger partial charge on any atom is -0.373 e. The second-order valence-corrected chi connectivity index (χ2v) is 5.51. The van der Waals surface area contributed by atoms with Crippen LogP contribution in [-0.2, 0) is 11.3 Å². The molecule has 1 aromatic rings. The highest BCUT2D eigenvalue weighted by Crippen LogP contribution is 2.22. The predicted molar refractivity (Wildman–Crippen MR) is 61.9 cm³/mol. The van der Waals surface area contributed by atoms with E-state index in [1.807, 2.05) is 13.1 Å². The van der Waals surface area contributed by atoms with E-state index in [2.05, 4.69) is 4.98 Å². The third-order valence-electron chi connectivity index (χ3n) is 2.85. The van der Waals surface area contributed by atoms with Crippen molar-refractivity contribution >= 4 is 11.3 Å². The van der Waals surface area contributed by atoms with Gasteiger partial charge in [-0.15, -0.1) is 11.3 Å². The van der Waals surface area contributed by atoms with Crippen LogP contribution in [0, 0.1) is 6.92 Å². The number of hydrogen-bond donors (Lipinski definition) is 1. The summed E-state index contributed by atoms with van der Waals surface area (Å²) < 4.78 is 5.85. The molecule has 0 aromatic carbocycles. The molecule has 4 heteroatoms. The number of thiazole rings is 1. The van der Waals surface area contributed by atoms with Gasteiger partial charge in [-0.2, -0.15) is 0 Å². The lowest BCUT2D eigenvalue weighted by molar-refractivity contribution is 0.0150. The summed E-state index contributed by atoms with van der Waals surface area (Å²) in [7, 11) is 0. The molecule has 15 heavy (non-hydrogen) atoms. The molecular formula is C11H18N2OS. The Labute approximate surface area is 94.7 Å². The van der Waals surface area contributed by atoms with E-state index in [9.17, 15) is 0 Å². The smallest absolute Gasteiger partial charge is 0.0897 e. The van der Waals surface area contributed by atoms with Gasteiger partial charge in [0.1, 0.15) is 0 Å². The topological polar surface area (TPSA) is 48.1 Å². The highest BCUT2D eigenvalue weighted by Gasteiger charge is 2.18. The molecule has 0 atom stereocenters. The summed E-state index contributed by atoms with van der Waals surface area (Å²) in [5, 5.41) is 1.11. The minimum atomic E-state index is 0.399. The van der Waals surface area contributed by atoms with Gasteiger partial charge in [0.15, 0.2) is 0 Å². The van der Waals surface area contributed by atoms with Crippen LogP contribution in [0.1, 0.15) is 35.6 Å². The standard InChI is InChI=1S/C11H18N2OS/c1-8-13-6-11(15-8)7-14-10-4-2-9(12)3-5-10/h6,9-10H,2-5,7,12H2,1H3. The SMILES string of the molecule is Cc1ncc(COC2CCC(N)CC2)s1. The van der Waals surface area contributed by atoms with E-state index >= 15 is 0 Å². The first-order valence-electron chi connectivity index (χ1n) is 5.52. The highest BCUT2D eigenvalue weighted by atomic mass is 32.1. The van der Waals surface area contributed by atoms with Crippen molar-refractivity contribution in [3.8, 4) is 0 Å². The monoisotopic (exact) mass is 226 g/mol. The zero-order valence-electron chi connectivity index (χ0n) is 9.11. The van der Waals surface area contributed by atoms with Crippen LogP contribution in [-0.4, -0.2) is 17.1 Å². The molecule has 1 saturated carbocycles. The maximum Gasteiger partial charge on any atom is 0.0897 e. The van der Waals surface area contributed by atoms with E-state index in [4.69, 9.17) is 10.5 Å². The number of rotatable bonds is 3. The molecule has 0 bridgehead atoms. The second-order valence-electron chi connectivity index (χ2n) is 4.19. The van der Waals surface area contributed by atoms with E-state index in [0.717, 1.165) is 30.7 Å². The molecule has 0 unspecified atom stereocenters. The third kappa shape index (κ3) is 3.26. The normalized spacial score (nSPS) is 26.8. The Morgan fingerprint density at radius 3 is 2.80 bits per heavy atom. The van der Waals surface area contributed by atoms with Gasteiger partial charge in [-0.05, 0) is 32.6 Å². The summed E-state index contributed by atoms with van der Waals surface area (Å²) in [6.07, 6.45) is 6.75.